The summed E-state index contributed by atoms with van der Waals surface area (Å²) in [4.78, 5) is 31.1. The van der Waals surface area contributed by atoms with Crippen molar-refractivity contribution >= 4 is 17.6 Å². The van der Waals surface area contributed by atoms with E-state index in [0.29, 0.717) is 24.7 Å². The Hall–Kier alpha value is -3.16. The number of anilines is 1. The first-order chi connectivity index (χ1) is 11.7. The van der Waals surface area contributed by atoms with Gasteiger partial charge in [-0.1, -0.05) is 6.07 Å². The van der Waals surface area contributed by atoms with Gasteiger partial charge in [-0.15, -0.1) is 0 Å². The number of amides is 3. The van der Waals surface area contributed by atoms with Gasteiger partial charge in [0.05, 0.1) is 11.9 Å². The zero-order valence-corrected chi connectivity index (χ0v) is 13.3. The highest BCUT2D eigenvalue weighted by atomic mass is 16.5. The third-order valence-corrected chi connectivity index (χ3v) is 2.90. The Morgan fingerprint density at radius 2 is 2.04 bits per heavy atom. The normalized spacial score (nSPS) is 9.88. The number of aromatic nitrogens is 2. The van der Waals surface area contributed by atoms with E-state index in [1.54, 1.807) is 30.6 Å². The van der Waals surface area contributed by atoms with Gasteiger partial charge in [-0.3, -0.25) is 9.78 Å². The summed E-state index contributed by atoms with van der Waals surface area (Å²) in [7, 11) is 0. The van der Waals surface area contributed by atoms with Gasteiger partial charge in [0.1, 0.15) is 0 Å². The van der Waals surface area contributed by atoms with Crippen molar-refractivity contribution < 1.29 is 14.3 Å². The zero-order chi connectivity index (χ0) is 17.2. The fraction of sp³-hybridized carbons (Fsp3) is 0.250. The number of hydrogen-bond acceptors (Lipinski definition) is 5. The summed E-state index contributed by atoms with van der Waals surface area (Å²) < 4.78 is 5.30. The molecule has 2 heterocycles. The molecule has 2 rings (SSSR count). The first kappa shape index (κ1) is 17.2. The quantitative estimate of drug-likeness (QED) is 0.710. The van der Waals surface area contributed by atoms with Crippen LogP contribution in [0.5, 0.6) is 5.88 Å². The molecule has 0 unspecified atom stereocenters. The predicted octanol–water partition coefficient (Wildman–Crippen LogP) is 1.31. The summed E-state index contributed by atoms with van der Waals surface area (Å²) in [5, 5.41) is 7.95. The van der Waals surface area contributed by atoms with E-state index in [1.165, 1.54) is 6.20 Å². The van der Waals surface area contributed by atoms with Gasteiger partial charge in [-0.25, -0.2) is 9.78 Å². The standard InChI is InChI=1S/C16H19N5O3/c1-2-18-16(23)21-13-5-6-15(20-10-13)24-11-14(22)19-9-12-4-3-7-17-8-12/h3-8,10H,2,9,11H2,1H3,(H,19,22)(H2,18,21,23). The Bertz CT molecular complexity index is 661. The molecule has 0 aliphatic carbocycles. The van der Waals surface area contributed by atoms with Crippen LogP contribution in [0.2, 0.25) is 0 Å². The van der Waals surface area contributed by atoms with Crippen LogP contribution >= 0.6 is 0 Å². The molecule has 24 heavy (non-hydrogen) atoms. The second-order valence-corrected chi connectivity index (χ2v) is 4.80. The van der Waals surface area contributed by atoms with Crippen LogP contribution in [0.4, 0.5) is 10.5 Å². The number of carbonyl (C=O) groups is 2. The molecule has 0 aliphatic rings. The molecule has 0 bridgehead atoms. The molecule has 8 nitrogen and oxygen atoms in total. The number of rotatable bonds is 7. The summed E-state index contributed by atoms with van der Waals surface area (Å²) in [6, 6.07) is 6.60. The maximum Gasteiger partial charge on any atom is 0.319 e. The van der Waals surface area contributed by atoms with Crippen LogP contribution in [-0.4, -0.2) is 35.1 Å². The lowest BCUT2D eigenvalue weighted by molar-refractivity contribution is -0.123. The fourth-order valence-electron chi connectivity index (χ4n) is 1.77. The highest BCUT2D eigenvalue weighted by Crippen LogP contribution is 2.11. The van der Waals surface area contributed by atoms with Crippen LogP contribution in [-0.2, 0) is 11.3 Å². The van der Waals surface area contributed by atoms with Crippen molar-refractivity contribution in [2.75, 3.05) is 18.5 Å². The Morgan fingerprint density at radius 3 is 2.71 bits per heavy atom. The number of urea groups is 1. The number of nitrogens with zero attached hydrogens (tertiary/aromatic N) is 2. The van der Waals surface area contributed by atoms with Crippen molar-refractivity contribution in [3.05, 3.63) is 48.4 Å². The Balaban J connectivity index is 1.73. The summed E-state index contributed by atoms with van der Waals surface area (Å²) in [5.74, 6) is 0.0400. The SMILES string of the molecule is CCNC(=O)Nc1ccc(OCC(=O)NCc2cccnc2)nc1. The Kier molecular flexibility index (Phi) is 6.51. The third-order valence-electron chi connectivity index (χ3n) is 2.90. The number of pyridine rings is 2. The van der Waals surface area contributed by atoms with Crippen molar-refractivity contribution in [1.82, 2.24) is 20.6 Å². The molecule has 0 spiro atoms. The molecule has 0 fully saturated rings. The topological polar surface area (TPSA) is 105 Å². The molecule has 2 aromatic rings. The van der Waals surface area contributed by atoms with Crippen LogP contribution in [0, 0.1) is 0 Å². The lowest BCUT2D eigenvalue weighted by Gasteiger charge is -2.08. The van der Waals surface area contributed by atoms with Crippen molar-refractivity contribution in [2.24, 2.45) is 0 Å². The van der Waals surface area contributed by atoms with E-state index in [4.69, 9.17) is 4.74 Å². The Labute approximate surface area is 139 Å². The van der Waals surface area contributed by atoms with Gasteiger partial charge in [0.25, 0.3) is 5.91 Å². The summed E-state index contributed by atoms with van der Waals surface area (Å²) in [6.07, 6.45) is 4.81. The molecule has 0 atom stereocenters. The smallest absolute Gasteiger partial charge is 0.319 e. The van der Waals surface area contributed by atoms with E-state index in [-0.39, 0.29) is 18.5 Å². The van der Waals surface area contributed by atoms with Crippen molar-refractivity contribution in [2.45, 2.75) is 13.5 Å². The van der Waals surface area contributed by atoms with Crippen LogP contribution in [0.3, 0.4) is 0 Å². The first-order valence-corrected chi connectivity index (χ1v) is 7.46. The minimum absolute atomic E-state index is 0.143. The van der Waals surface area contributed by atoms with Gasteiger partial charge in [0.2, 0.25) is 5.88 Å². The molecule has 0 saturated heterocycles. The van der Waals surface area contributed by atoms with Crippen LogP contribution in [0.15, 0.2) is 42.9 Å². The summed E-state index contributed by atoms with van der Waals surface area (Å²) in [6.45, 7) is 2.61. The van der Waals surface area contributed by atoms with Crippen LogP contribution in [0.25, 0.3) is 0 Å². The second-order valence-electron chi connectivity index (χ2n) is 4.80. The van der Waals surface area contributed by atoms with Crippen LogP contribution in [0.1, 0.15) is 12.5 Å². The molecule has 3 amide bonds. The van der Waals surface area contributed by atoms with Gasteiger partial charge in [-0.2, -0.15) is 0 Å². The van der Waals surface area contributed by atoms with Crippen molar-refractivity contribution in [3.63, 3.8) is 0 Å². The molecule has 0 aromatic carbocycles. The second kappa shape index (κ2) is 9.09. The van der Waals surface area contributed by atoms with E-state index in [9.17, 15) is 9.59 Å². The van der Waals surface area contributed by atoms with E-state index in [1.807, 2.05) is 13.0 Å². The van der Waals surface area contributed by atoms with Crippen LogP contribution < -0.4 is 20.7 Å². The third kappa shape index (κ3) is 5.91. The van der Waals surface area contributed by atoms with Crippen molar-refractivity contribution in [3.8, 4) is 5.88 Å². The lowest BCUT2D eigenvalue weighted by atomic mass is 10.3. The van der Waals surface area contributed by atoms with E-state index >= 15 is 0 Å². The molecule has 0 saturated carbocycles. The molecule has 126 valence electrons. The largest absolute Gasteiger partial charge is 0.468 e. The average Bonchev–Trinajstić information content (AvgIpc) is 2.60. The highest BCUT2D eigenvalue weighted by molar-refractivity contribution is 5.88. The summed E-state index contributed by atoms with van der Waals surface area (Å²) in [5.41, 5.74) is 1.44. The Morgan fingerprint density at radius 1 is 1.17 bits per heavy atom. The minimum atomic E-state index is -0.303. The molecular formula is C16H19N5O3. The molecule has 2 aromatic heterocycles. The fourth-order valence-corrected chi connectivity index (χ4v) is 1.77. The minimum Gasteiger partial charge on any atom is -0.468 e. The van der Waals surface area contributed by atoms with Gasteiger partial charge < -0.3 is 20.7 Å². The number of hydrogen-bond donors (Lipinski definition) is 3. The summed E-state index contributed by atoms with van der Waals surface area (Å²) >= 11 is 0. The predicted molar refractivity (Wildman–Crippen MR) is 88.5 cm³/mol. The van der Waals surface area contributed by atoms with Gasteiger partial charge in [0, 0.05) is 31.5 Å². The van der Waals surface area contributed by atoms with Crippen molar-refractivity contribution in [1.29, 1.82) is 0 Å². The number of carbonyl (C=O) groups excluding carboxylic acids is 2. The maximum atomic E-state index is 11.7. The van der Waals surface area contributed by atoms with E-state index < -0.39 is 0 Å². The maximum absolute atomic E-state index is 11.7. The highest BCUT2D eigenvalue weighted by Gasteiger charge is 2.05. The zero-order valence-electron chi connectivity index (χ0n) is 13.3. The monoisotopic (exact) mass is 329 g/mol. The average molecular weight is 329 g/mol. The lowest BCUT2D eigenvalue weighted by Crippen LogP contribution is -2.29. The van der Waals surface area contributed by atoms with E-state index in [2.05, 4.69) is 25.9 Å². The van der Waals surface area contributed by atoms with E-state index in [0.717, 1.165) is 5.56 Å². The number of ether oxygens (including phenoxy) is 1. The number of nitrogens with one attached hydrogen (secondary N) is 3. The molecule has 3 N–H and O–H groups in total. The first-order valence-electron chi connectivity index (χ1n) is 7.46. The molecule has 0 radical (unpaired) electrons. The molecule has 8 heteroatoms. The molecule has 0 aliphatic heterocycles. The van der Waals surface area contributed by atoms with Gasteiger partial charge >= 0.3 is 6.03 Å². The molecular weight excluding hydrogens is 310 g/mol. The van der Waals surface area contributed by atoms with Gasteiger partial charge in [0.15, 0.2) is 6.61 Å². The van der Waals surface area contributed by atoms with Gasteiger partial charge in [-0.05, 0) is 24.6 Å².